The fourth-order valence-electron chi connectivity index (χ4n) is 3.39. The predicted octanol–water partition coefficient (Wildman–Crippen LogP) is 3.91. The number of fused-ring (bicyclic) bond motifs is 2. The number of hydrogen-bond donors (Lipinski definition) is 1. The molecule has 156 valence electrons. The van der Waals surface area contributed by atoms with Gasteiger partial charge in [0.15, 0.2) is 11.5 Å². The average molecular weight is 436 g/mol. The lowest BCUT2D eigenvalue weighted by Crippen LogP contribution is -2.13. The van der Waals surface area contributed by atoms with Crippen molar-refractivity contribution in [1.82, 2.24) is 9.78 Å². The normalized spacial score (nSPS) is 14.1. The zero-order chi connectivity index (χ0) is 21.4. The van der Waals surface area contributed by atoms with Crippen LogP contribution < -0.4 is 14.8 Å². The molecule has 0 spiro atoms. The van der Waals surface area contributed by atoms with Crippen molar-refractivity contribution in [3.8, 4) is 17.2 Å². The molecule has 0 bridgehead atoms. The number of ether oxygens (including phenoxy) is 2. The van der Waals surface area contributed by atoms with Gasteiger partial charge >= 0.3 is 0 Å². The maximum atomic E-state index is 12.7. The number of anilines is 1. The highest BCUT2D eigenvalue weighted by Crippen LogP contribution is 2.36. The van der Waals surface area contributed by atoms with Crippen LogP contribution >= 0.6 is 11.8 Å². The Balaban J connectivity index is 1.39. The van der Waals surface area contributed by atoms with Gasteiger partial charge in [0.1, 0.15) is 5.82 Å². The van der Waals surface area contributed by atoms with Crippen LogP contribution in [0, 0.1) is 10.1 Å². The van der Waals surface area contributed by atoms with E-state index >= 15 is 0 Å². The number of carbonyl (C=O) groups excluding carboxylic acids is 1. The van der Waals surface area contributed by atoms with E-state index in [1.165, 1.54) is 18.2 Å². The van der Waals surface area contributed by atoms with Gasteiger partial charge in [0, 0.05) is 35.3 Å². The second-order valence-electron chi connectivity index (χ2n) is 6.89. The molecule has 0 saturated carbocycles. The van der Waals surface area contributed by atoms with Gasteiger partial charge < -0.3 is 14.8 Å². The fourth-order valence-corrected chi connectivity index (χ4v) is 4.43. The van der Waals surface area contributed by atoms with Crippen molar-refractivity contribution in [2.45, 2.75) is 11.5 Å². The summed E-state index contributed by atoms with van der Waals surface area (Å²) in [5.41, 5.74) is 3.31. The van der Waals surface area contributed by atoms with Crippen LogP contribution in [0.3, 0.4) is 0 Å². The van der Waals surface area contributed by atoms with Gasteiger partial charge in [0.25, 0.3) is 5.69 Å². The van der Waals surface area contributed by atoms with E-state index in [4.69, 9.17) is 9.47 Å². The minimum Gasteiger partial charge on any atom is -0.454 e. The quantitative estimate of drug-likeness (QED) is 0.367. The summed E-state index contributed by atoms with van der Waals surface area (Å²) < 4.78 is 12.3. The fraction of sp³-hybridized carbons (Fsp3) is 0.143. The van der Waals surface area contributed by atoms with Crippen molar-refractivity contribution in [3.63, 3.8) is 0 Å². The Kier molecular flexibility index (Phi) is 4.83. The number of nitro groups is 1. The van der Waals surface area contributed by atoms with Gasteiger partial charge in [0.05, 0.1) is 16.3 Å². The van der Waals surface area contributed by atoms with Gasteiger partial charge in [-0.25, -0.2) is 4.68 Å². The number of benzene rings is 2. The number of carbonyl (C=O) groups is 1. The first kappa shape index (κ1) is 19.2. The maximum absolute atomic E-state index is 12.7. The number of aromatic nitrogens is 2. The van der Waals surface area contributed by atoms with E-state index in [1.54, 1.807) is 40.7 Å². The van der Waals surface area contributed by atoms with E-state index in [0.29, 0.717) is 23.0 Å². The summed E-state index contributed by atoms with van der Waals surface area (Å²) >= 11 is 1.72. The SMILES string of the molecule is O=C(C=Cc1ccc2c(c1)OCO2)Nc1c2c(nn1-c1ccc([N+](=O)[O-])cc1)CSC2. The van der Waals surface area contributed by atoms with E-state index in [-0.39, 0.29) is 18.4 Å². The highest BCUT2D eigenvalue weighted by molar-refractivity contribution is 7.98. The molecule has 1 amide bonds. The van der Waals surface area contributed by atoms with Crippen molar-refractivity contribution < 1.29 is 19.2 Å². The first-order valence-corrected chi connectivity index (χ1v) is 10.6. The highest BCUT2D eigenvalue weighted by atomic mass is 32.2. The van der Waals surface area contributed by atoms with Crippen LogP contribution in [0.25, 0.3) is 11.8 Å². The molecule has 31 heavy (non-hydrogen) atoms. The number of amides is 1. The molecule has 2 aromatic carbocycles. The zero-order valence-electron chi connectivity index (χ0n) is 16.1. The van der Waals surface area contributed by atoms with Gasteiger partial charge in [-0.05, 0) is 35.9 Å². The Morgan fingerprint density at radius 2 is 1.97 bits per heavy atom. The smallest absolute Gasteiger partial charge is 0.269 e. The molecular formula is C21H16N4O5S. The molecule has 0 atom stereocenters. The molecule has 0 unspecified atom stereocenters. The third kappa shape index (κ3) is 3.73. The van der Waals surface area contributed by atoms with E-state index < -0.39 is 4.92 Å². The van der Waals surface area contributed by atoms with Crippen LogP contribution in [0.1, 0.15) is 16.8 Å². The summed E-state index contributed by atoms with van der Waals surface area (Å²) in [5, 5.41) is 18.5. The van der Waals surface area contributed by atoms with Crippen molar-refractivity contribution in [2.75, 3.05) is 12.1 Å². The lowest BCUT2D eigenvalue weighted by Gasteiger charge is -2.09. The average Bonchev–Trinajstić information content (AvgIpc) is 3.49. The predicted molar refractivity (Wildman–Crippen MR) is 115 cm³/mol. The van der Waals surface area contributed by atoms with Crippen molar-refractivity contribution >= 4 is 35.3 Å². The number of thioether (sulfide) groups is 1. The minimum atomic E-state index is -0.451. The third-order valence-corrected chi connectivity index (χ3v) is 5.89. The lowest BCUT2D eigenvalue weighted by molar-refractivity contribution is -0.384. The summed E-state index contributed by atoms with van der Waals surface area (Å²) in [6.45, 7) is 0.193. The number of rotatable bonds is 5. The van der Waals surface area contributed by atoms with Crippen molar-refractivity contribution in [3.05, 3.63) is 75.5 Å². The van der Waals surface area contributed by atoms with E-state index in [2.05, 4.69) is 10.4 Å². The molecule has 9 nitrogen and oxygen atoms in total. The monoisotopic (exact) mass is 436 g/mol. The first-order valence-electron chi connectivity index (χ1n) is 9.40. The Hall–Kier alpha value is -3.79. The minimum absolute atomic E-state index is 0.00347. The summed E-state index contributed by atoms with van der Waals surface area (Å²) in [5.74, 6) is 3.10. The van der Waals surface area contributed by atoms with Gasteiger partial charge in [-0.2, -0.15) is 16.9 Å². The van der Waals surface area contributed by atoms with Gasteiger partial charge in [-0.1, -0.05) is 6.07 Å². The highest BCUT2D eigenvalue weighted by Gasteiger charge is 2.24. The zero-order valence-corrected chi connectivity index (χ0v) is 16.9. The topological polar surface area (TPSA) is 109 Å². The number of nitrogens with zero attached hydrogens (tertiary/aromatic N) is 3. The molecule has 0 radical (unpaired) electrons. The van der Waals surface area contributed by atoms with Crippen molar-refractivity contribution in [2.24, 2.45) is 0 Å². The number of nitrogens with one attached hydrogen (secondary N) is 1. The van der Waals surface area contributed by atoms with Gasteiger partial charge in [-0.3, -0.25) is 14.9 Å². The van der Waals surface area contributed by atoms with Gasteiger partial charge in [0.2, 0.25) is 12.7 Å². The van der Waals surface area contributed by atoms with Crippen molar-refractivity contribution in [1.29, 1.82) is 0 Å². The molecular weight excluding hydrogens is 420 g/mol. The molecule has 0 aliphatic carbocycles. The van der Waals surface area contributed by atoms with Crippen LogP contribution in [0.2, 0.25) is 0 Å². The first-order chi connectivity index (χ1) is 15.1. The lowest BCUT2D eigenvalue weighted by atomic mass is 10.2. The molecule has 2 aliphatic heterocycles. The Bertz CT molecular complexity index is 1220. The molecule has 3 aromatic rings. The largest absolute Gasteiger partial charge is 0.454 e. The van der Waals surface area contributed by atoms with Crippen LogP contribution in [-0.2, 0) is 16.3 Å². The number of hydrogen-bond acceptors (Lipinski definition) is 7. The molecule has 2 aliphatic rings. The second kappa shape index (κ2) is 7.80. The summed E-state index contributed by atoms with van der Waals surface area (Å²) in [7, 11) is 0. The number of non-ortho nitro benzene ring substituents is 1. The molecule has 3 heterocycles. The van der Waals surface area contributed by atoms with E-state index in [0.717, 1.165) is 28.3 Å². The Morgan fingerprint density at radius 1 is 1.16 bits per heavy atom. The Morgan fingerprint density at radius 3 is 2.77 bits per heavy atom. The van der Waals surface area contributed by atoms with Crippen LogP contribution in [-0.4, -0.2) is 27.4 Å². The Labute approximate surface area is 180 Å². The standard InChI is InChI=1S/C21H16N4O5S/c26-20(8-2-13-1-7-18-19(9-13)30-12-29-18)22-21-16-10-31-11-17(16)23-24(21)14-3-5-15(6-4-14)25(27)28/h1-9H,10-12H2,(H,22,26). The summed E-state index contributed by atoms with van der Waals surface area (Å²) in [6.07, 6.45) is 3.14. The molecule has 0 saturated heterocycles. The molecule has 0 fully saturated rings. The van der Waals surface area contributed by atoms with Crippen LogP contribution in [0.4, 0.5) is 11.5 Å². The number of nitro benzene ring substituents is 1. The van der Waals surface area contributed by atoms with Crippen LogP contribution in [0.15, 0.2) is 48.5 Å². The molecule has 5 rings (SSSR count). The maximum Gasteiger partial charge on any atom is 0.269 e. The van der Waals surface area contributed by atoms with Gasteiger partial charge in [-0.15, -0.1) is 0 Å². The molecule has 1 N–H and O–H groups in total. The summed E-state index contributed by atoms with van der Waals surface area (Å²) in [4.78, 5) is 23.1. The molecule has 1 aromatic heterocycles. The van der Waals surface area contributed by atoms with Crippen LogP contribution in [0.5, 0.6) is 11.5 Å². The van der Waals surface area contributed by atoms with E-state index in [1.807, 2.05) is 12.1 Å². The third-order valence-electron chi connectivity index (χ3n) is 4.92. The van der Waals surface area contributed by atoms with E-state index in [9.17, 15) is 14.9 Å². The second-order valence-corrected chi connectivity index (χ2v) is 7.87. The molecule has 10 heteroatoms. The summed E-state index contributed by atoms with van der Waals surface area (Å²) in [6, 6.07) is 11.5.